The number of nitrogens with zero attached hydrogens (tertiary/aromatic N) is 3. The standard InChI is InChI=1S/C16H18ClN3O3/c1-10-7-13(15(17)18-8-10)23-9-11-14(16(21)22-2)12-5-3-4-6-20(12)19-11/h7-8H,3-6,9H2,1-2H3. The number of carbonyl (C=O) groups excluding carboxylic acids is 1. The van der Waals surface area contributed by atoms with Gasteiger partial charge in [-0.3, -0.25) is 4.68 Å². The predicted octanol–water partition coefficient (Wildman–Crippen LogP) is 2.94. The van der Waals surface area contributed by atoms with Gasteiger partial charge in [-0.2, -0.15) is 5.10 Å². The summed E-state index contributed by atoms with van der Waals surface area (Å²) in [7, 11) is 1.38. The van der Waals surface area contributed by atoms with Gasteiger partial charge in [0.25, 0.3) is 0 Å². The molecular weight excluding hydrogens is 318 g/mol. The minimum atomic E-state index is -0.375. The summed E-state index contributed by atoms with van der Waals surface area (Å²) in [5.41, 5.74) is 2.96. The number of esters is 1. The molecule has 1 aliphatic heterocycles. The maximum absolute atomic E-state index is 12.1. The number of aromatic nitrogens is 3. The van der Waals surface area contributed by atoms with Crippen molar-refractivity contribution in [3.63, 3.8) is 0 Å². The van der Waals surface area contributed by atoms with Crippen LogP contribution >= 0.6 is 11.6 Å². The van der Waals surface area contributed by atoms with Crippen molar-refractivity contribution in [2.75, 3.05) is 7.11 Å². The van der Waals surface area contributed by atoms with E-state index in [9.17, 15) is 4.79 Å². The average molecular weight is 336 g/mol. The topological polar surface area (TPSA) is 66.2 Å². The van der Waals surface area contributed by atoms with Crippen molar-refractivity contribution >= 4 is 17.6 Å². The van der Waals surface area contributed by atoms with Crippen LogP contribution in [-0.4, -0.2) is 27.8 Å². The third kappa shape index (κ3) is 3.17. The van der Waals surface area contributed by atoms with E-state index in [1.807, 2.05) is 17.7 Å². The fourth-order valence-electron chi connectivity index (χ4n) is 2.76. The fourth-order valence-corrected chi connectivity index (χ4v) is 2.91. The smallest absolute Gasteiger partial charge is 0.341 e. The van der Waals surface area contributed by atoms with Gasteiger partial charge in [-0.15, -0.1) is 0 Å². The first kappa shape index (κ1) is 15.8. The molecule has 0 spiro atoms. The number of pyridine rings is 1. The molecule has 0 N–H and O–H groups in total. The number of methoxy groups -OCH3 is 1. The maximum Gasteiger partial charge on any atom is 0.341 e. The summed E-state index contributed by atoms with van der Waals surface area (Å²) in [5, 5.41) is 4.81. The summed E-state index contributed by atoms with van der Waals surface area (Å²) in [5.74, 6) is 0.105. The number of halogens is 1. The zero-order valence-electron chi connectivity index (χ0n) is 13.1. The zero-order valence-corrected chi connectivity index (χ0v) is 13.9. The van der Waals surface area contributed by atoms with E-state index in [4.69, 9.17) is 21.1 Å². The van der Waals surface area contributed by atoms with Gasteiger partial charge in [-0.25, -0.2) is 9.78 Å². The van der Waals surface area contributed by atoms with Crippen LogP contribution in [0, 0.1) is 6.92 Å². The normalized spacial score (nSPS) is 13.5. The maximum atomic E-state index is 12.1. The lowest BCUT2D eigenvalue weighted by Gasteiger charge is -2.13. The molecule has 0 amide bonds. The number of aryl methyl sites for hydroxylation is 2. The first-order valence-electron chi connectivity index (χ1n) is 7.52. The summed E-state index contributed by atoms with van der Waals surface area (Å²) >= 11 is 6.04. The van der Waals surface area contributed by atoms with Crippen molar-refractivity contribution in [1.29, 1.82) is 0 Å². The number of carbonyl (C=O) groups is 1. The Morgan fingerprint density at radius 3 is 3.04 bits per heavy atom. The van der Waals surface area contributed by atoms with Crippen LogP contribution in [0.2, 0.25) is 5.15 Å². The number of ether oxygens (including phenoxy) is 2. The van der Waals surface area contributed by atoms with Gasteiger partial charge in [0.2, 0.25) is 0 Å². The monoisotopic (exact) mass is 335 g/mol. The van der Waals surface area contributed by atoms with Gasteiger partial charge in [0.15, 0.2) is 10.9 Å². The number of rotatable bonds is 4. The van der Waals surface area contributed by atoms with E-state index in [2.05, 4.69) is 10.1 Å². The molecule has 122 valence electrons. The van der Waals surface area contributed by atoms with Crippen LogP contribution in [0.3, 0.4) is 0 Å². The molecule has 7 heteroatoms. The van der Waals surface area contributed by atoms with E-state index in [1.54, 1.807) is 6.20 Å². The molecule has 1 aliphatic rings. The third-order valence-corrected chi connectivity index (χ3v) is 4.15. The van der Waals surface area contributed by atoms with Crippen LogP contribution in [0.1, 0.15) is 40.2 Å². The number of hydrogen-bond donors (Lipinski definition) is 0. The summed E-state index contributed by atoms with van der Waals surface area (Å²) < 4.78 is 12.5. The quantitative estimate of drug-likeness (QED) is 0.635. The van der Waals surface area contributed by atoms with Crippen LogP contribution in [0.15, 0.2) is 12.3 Å². The van der Waals surface area contributed by atoms with Crippen molar-refractivity contribution < 1.29 is 14.3 Å². The average Bonchev–Trinajstić information content (AvgIpc) is 2.93. The van der Waals surface area contributed by atoms with Gasteiger partial charge in [0, 0.05) is 12.7 Å². The highest BCUT2D eigenvalue weighted by molar-refractivity contribution is 6.30. The minimum Gasteiger partial charge on any atom is -0.484 e. The van der Waals surface area contributed by atoms with Crippen LogP contribution < -0.4 is 4.74 Å². The number of hydrogen-bond acceptors (Lipinski definition) is 5. The Labute approximate surface area is 139 Å². The van der Waals surface area contributed by atoms with Gasteiger partial charge in [0.1, 0.15) is 17.9 Å². The SMILES string of the molecule is COC(=O)c1c(COc2cc(C)cnc2Cl)nn2c1CCCC2. The van der Waals surface area contributed by atoms with Gasteiger partial charge >= 0.3 is 5.97 Å². The Hall–Kier alpha value is -2.08. The van der Waals surface area contributed by atoms with E-state index in [0.717, 1.165) is 37.1 Å². The van der Waals surface area contributed by atoms with Crippen molar-refractivity contribution in [3.05, 3.63) is 39.9 Å². The molecule has 0 radical (unpaired) electrons. The lowest BCUT2D eigenvalue weighted by Crippen LogP contribution is -2.14. The van der Waals surface area contributed by atoms with Gasteiger partial charge in [-0.1, -0.05) is 11.6 Å². The minimum absolute atomic E-state index is 0.148. The molecule has 0 aromatic carbocycles. The Morgan fingerprint density at radius 2 is 2.26 bits per heavy atom. The summed E-state index contributed by atoms with van der Waals surface area (Å²) in [4.78, 5) is 16.2. The number of fused-ring (bicyclic) bond motifs is 1. The largest absolute Gasteiger partial charge is 0.484 e. The van der Waals surface area contributed by atoms with Crippen molar-refractivity contribution in [2.24, 2.45) is 0 Å². The molecule has 0 unspecified atom stereocenters. The summed E-state index contributed by atoms with van der Waals surface area (Å²) in [6.07, 6.45) is 4.60. The zero-order chi connectivity index (χ0) is 16.4. The van der Waals surface area contributed by atoms with E-state index in [0.29, 0.717) is 22.2 Å². The first-order chi connectivity index (χ1) is 11.1. The van der Waals surface area contributed by atoms with Crippen molar-refractivity contribution in [3.8, 4) is 5.75 Å². The van der Waals surface area contributed by atoms with Crippen LogP contribution in [0.5, 0.6) is 5.75 Å². The highest BCUT2D eigenvalue weighted by atomic mass is 35.5. The lowest BCUT2D eigenvalue weighted by atomic mass is 10.1. The summed E-state index contributed by atoms with van der Waals surface area (Å²) in [6, 6.07) is 1.81. The van der Waals surface area contributed by atoms with Gasteiger partial charge in [-0.05, 0) is 37.8 Å². The second-order valence-electron chi connectivity index (χ2n) is 5.53. The van der Waals surface area contributed by atoms with Crippen molar-refractivity contribution in [1.82, 2.24) is 14.8 Å². The van der Waals surface area contributed by atoms with Crippen LogP contribution in [-0.2, 0) is 24.3 Å². The predicted molar refractivity (Wildman–Crippen MR) is 84.8 cm³/mol. The Balaban J connectivity index is 1.89. The Kier molecular flexibility index (Phi) is 4.52. The molecule has 0 saturated heterocycles. The second kappa shape index (κ2) is 6.58. The molecule has 0 saturated carbocycles. The molecule has 2 aromatic heterocycles. The van der Waals surface area contributed by atoms with Crippen molar-refractivity contribution in [2.45, 2.75) is 39.3 Å². The van der Waals surface area contributed by atoms with E-state index >= 15 is 0 Å². The highest BCUT2D eigenvalue weighted by Gasteiger charge is 2.26. The highest BCUT2D eigenvalue weighted by Crippen LogP contribution is 2.26. The first-order valence-corrected chi connectivity index (χ1v) is 7.89. The fraction of sp³-hybridized carbons (Fsp3) is 0.438. The summed E-state index contributed by atoms with van der Waals surface area (Å²) in [6.45, 7) is 2.87. The van der Waals surface area contributed by atoms with Crippen LogP contribution in [0.25, 0.3) is 0 Å². The van der Waals surface area contributed by atoms with E-state index in [1.165, 1.54) is 7.11 Å². The van der Waals surface area contributed by atoms with Gasteiger partial charge < -0.3 is 9.47 Å². The molecule has 3 heterocycles. The molecule has 0 aliphatic carbocycles. The molecular formula is C16H18ClN3O3. The lowest BCUT2D eigenvalue weighted by molar-refractivity contribution is 0.0596. The Bertz CT molecular complexity index is 742. The molecule has 2 aromatic rings. The van der Waals surface area contributed by atoms with Gasteiger partial charge in [0.05, 0.1) is 12.8 Å². The third-order valence-electron chi connectivity index (χ3n) is 3.86. The van der Waals surface area contributed by atoms with Crippen LogP contribution in [0.4, 0.5) is 0 Å². The molecule has 23 heavy (non-hydrogen) atoms. The molecule has 0 fully saturated rings. The van der Waals surface area contributed by atoms with E-state index in [-0.39, 0.29) is 12.6 Å². The van der Waals surface area contributed by atoms with E-state index < -0.39 is 0 Å². The molecule has 3 rings (SSSR count). The molecule has 0 bridgehead atoms. The molecule has 0 atom stereocenters. The second-order valence-corrected chi connectivity index (χ2v) is 5.89. The Morgan fingerprint density at radius 1 is 1.43 bits per heavy atom. The molecule has 6 nitrogen and oxygen atoms in total.